The highest BCUT2D eigenvalue weighted by Crippen LogP contribution is 2.41. The molecule has 7 nitrogen and oxygen atoms in total. The van der Waals surface area contributed by atoms with Crippen LogP contribution in [0.4, 0.5) is 34.1 Å². The fraction of sp³-hybridized carbons (Fsp3) is 0.156. The molecule has 0 aliphatic rings. The molecule has 0 saturated carbocycles. The Kier molecular flexibility index (Phi) is 10.0. The molecule has 0 saturated heterocycles. The van der Waals surface area contributed by atoms with Crippen LogP contribution >= 0.6 is 0 Å². The van der Waals surface area contributed by atoms with E-state index in [1.54, 1.807) is 0 Å². The maximum atomic E-state index is 11.7. The van der Waals surface area contributed by atoms with E-state index in [2.05, 4.69) is 155 Å². The number of methoxy groups -OCH3 is 2. The van der Waals surface area contributed by atoms with Gasteiger partial charge in [0.1, 0.15) is 0 Å². The number of benzene rings is 6. The van der Waals surface area contributed by atoms with Gasteiger partial charge in [-0.1, -0.05) is 60.7 Å². The molecule has 0 atom stereocenters. The quantitative estimate of drug-likeness (QED) is 0.119. The summed E-state index contributed by atoms with van der Waals surface area (Å²) < 4.78 is 11.9. The van der Waals surface area contributed by atoms with Crippen LogP contribution in [0.2, 0.25) is 0 Å². The van der Waals surface area contributed by atoms with Crippen molar-refractivity contribution in [3.63, 3.8) is 0 Å². The lowest BCUT2D eigenvalue weighted by molar-refractivity contribution is -0.141. The summed E-state index contributed by atoms with van der Waals surface area (Å²) in [6, 6.07) is 50.9. The smallest absolute Gasteiger partial charge is 0.305 e. The number of carbonyl (C=O) groups is 2. The average Bonchev–Trinajstić information content (AvgIpc) is 3.48. The van der Waals surface area contributed by atoms with Crippen molar-refractivity contribution in [2.75, 3.05) is 24.0 Å². The molecule has 6 aromatic carbocycles. The van der Waals surface area contributed by atoms with E-state index in [9.17, 15) is 9.59 Å². The Morgan fingerprint density at radius 3 is 1.19 bits per heavy atom. The second kappa shape index (κ2) is 15.3. The molecule has 0 aliphatic heterocycles. The first-order chi connectivity index (χ1) is 25.4. The van der Waals surface area contributed by atoms with Gasteiger partial charge in [0.15, 0.2) is 0 Å². The van der Waals surface area contributed by atoms with Crippen molar-refractivity contribution < 1.29 is 19.1 Å². The fourth-order valence-electron chi connectivity index (χ4n) is 6.84. The average molecular weight is 688 g/mol. The van der Waals surface area contributed by atoms with Gasteiger partial charge in [0, 0.05) is 75.8 Å². The zero-order chi connectivity index (χ0) is 36.0. The Labute approximate surface area is 304 Å². The lowest BCUT2D eigenvalue weighted by Gasteiger charge is -2.26. The third-order valence-corrected chi connectivity index (χ3v) is 9.60. The van der Waals surface area contributed by atoms with Crippen molar-refractivity contribution in [2.24, 2.45) is 7.05 Å². The summed E-state index contributed by atoms with van der Waals surface area (Å²) in [6.45, 7) is 0. The molecule has 0 amide bonds. The van der Waals surface area contributed by atoms with Gasteiger partial charge in [-0.3, -0.25) is 9.59 Å². The van der Waals surface area contributed by atoms with E-state index < -0.39 is 0 Å². The summed E-state index contributed by atoms with van der Waals surface area (Å²) in [6.07, 6.45) is 1.95. The molecule has 0 spiro atoms. The topological polar surface area (TPSA) is 64.0 Å². The normalized spacial score (nSPS) is 11.1. The number of rotatable bonds is 12. The third-order valence-electron chi connectivity index (χ3n) is 9.60. The molecule has 7 aromatic rings. The van der Waals surface area contributed by atoms with Crippen molar-refractivity contribution in [3.05, 3.63) is 157 Å². The summed E-state index contributed by atoms with van der Waals surface area (Å²) in [4.78, 5) is 28.0. The molecule has 0 radical (unpaired) electrons. The lowest BCUT2D eigenvalue weighted by atomic mass is 10.1. The molecular weight excluding hydrogens is 647 g/mol. The Bertz CT molecular complexity index is 2150. The molecular formula is C45H41N3O4. The van der Waals surface area contributed by atoms with Crippen LogP contribution in [0.3, 0.4) is 0 Å². The van der Waals surface area contributed by atoms with E-state index in [0.717, 1.165) is 67.1 Å². The Hall–Kier alpha value is -6.34. The molecule has 1 aromatic heterocycles. The van der Waals surface area contributed by atoms with Crippen LogP contribution in [0.1, 0.15) is 24.0 Å². The summed E-state index contributed by atoms with van der Waals surface area (Å²) in [5.74, 6) is -0.419. The zero-order valence-electron chi connectivity index (χ0n) is 29.7. The SMILES string of the molecule is COC(=O)CCc1ccc(N(c2ccccc2)c2ccc3c(c2)c2cc(N(c4ccccc4)c4ccc(CCC(=O)OC)cc4)ccc2n3C)cc1. The van der Waals surface area contributed by atoms with E-state index in [-0.39, 0.29) is 11.9 Å². The number of hydrogen-bond acceptors (Lipinski definition) is 6. The number of anilines is 6. The lowest BCUT2D eigenvalue weighted by Crippen LogP contribution is -2.10. The van der Waals surface area contributed by atoms with Crippen LogP contribution in [0, 0.1) is 0 Å². The van der Waals surface area contributed by atoms with Crippen LogP contribution in [0.25, 0.3) is 21.8 Å². The van der Waals surface area contributed by atoms with Gasteiger partial charge in [0.05, 0.1) is 14.2 Å². The maximum Gasteiger partial charge on any atom is 0.305 e. The number of fused-ring (bicyclic) bond motifs is 3. The number of aromatic nitrogens is 1. The van der Waals surface area contributed by atoms with Gasteiger partial charge in [0.2, 0.25) is 0 Å². The van der Waals surface area contributed by atoms with Gasteiger partial charge >= 0.3 is 11.9 Å². The third kappa shape index (κ3) is 7.12. The summed E-state index contributed by atoms with van der Waals surface area (Å²) in [5.41, 5.74) is 10.7. The van der Waals surface area contributed by atoms with Crippen molar-refractivity contribution in [3.8, 4) is 0 Å². The molecule has 1 heterocycles. The minimum atomic E-state index is -0.209. The predicted molar refractivity (Wildman–Crippen MR) is 210 cm³/mol. The van der Waals surface area contributed by atoms with Crippen molar-refractivity contribution in [1.29, 1.82) is 0 Å². The molecule has 260 valence electrons. The highest BCUT2D eigenvalue weighted by Gasteiger charge is 2.19. The van der Waals surface area contributed by atoms with E-state index in [4.69, 9.17) is 9.47 Å². The summed E-state index contributed by atoms with van der Waals surface area (Å²) >= 11 is 0. The second-order valence-corrected chi connectivity index (χ2v) is 12.8. The van der Waals surface area contributed by atoms with Gasteiger partial charge in [-0.25, -0.2) is 0 Å². The van der Waals surface area contributed by atoms with Gasteiger partial charge < -0.3 is 23.8 Å². The van der Waals surface area contributed by atoms with Gasteiger partial charge in [0.25, 0.3) is 0 Å². The molecule has 7 heteroatoms. The number of carbonyl (C=O) groups excluding carboxylic acids is 2. The van der Waals surface area contributed by atoms with E-state index in [1.807, 2.05) is 12.1 Å². The monoisotopic (exact) mass is 687 g/mol. The Morgan fingerprint density at radius 2 is 0.827 bits per heavy atom. The van der Waals surface area contributed by atoms with E-state index in [1.165, 1.54) is 14.2 Å². The number of para-hydroxylation sites is 2. The van der Waals surface area contributed by atoms with Crippen LogP contribution in [0.5, 0.6) is 0 Å². The van der Waals surface area contributed by atoms with E-state index >= 15 is 0 Å². The van der Waals surface area contributed by atoms with Gasteiger partial charge in [-0.15, -0.1) is 0 Å². The zero-order valence-corrected chi connectivity index (χ0v) is 29.7. The van der Waals surface area contributed by atoms with Crippen molar-refractivity contribution in [2.45, 2.75) is 25.7 Å². The van der Waals surface area contributed by atoms with Crippen LogP contribution in [-0.2, 0) is 39.0 Å². The van der Waals surface area contributed by atoms with Crippen LogP contribution in [0.15, 0.2) is 146 Å². The van der Waals surface area contributed by atoms with E-state index in [0.29, 0.717) is 25.7 Å². The number of aryl methyl sites for hydroxylation is 3. The molecule has 0 fully saturated rings. The summed E-state index contributed by atoms with van der Waals surface area (Å²) in [7, 11) is 4.96. The molecule has 0 bridgehead atoms. The van der Waals surface area contributed by atoms with Crippen molar-refractivity contribution >= 4 is 67.9 Å². The minimum absolute atomic E-state index is 0.209. The Morgan fingerprint density at radius 1 is 0.481 bits per heavy atom. The molecule has 7 rings (SSSR count). The maximum absolute atomic E-state index is 11.7. The number of nitrogens with zero attached hydrogens (tertiary/aromatic N) is 3. The highest BCUT2D eigenvalue weighted by molar-refractivity contribution is 6.11. The van der Waals surface area contributed by atoms with Crippen molar-refractivity contribution in [1.82, 2.24) is 4.57 Å². The predicted octanol–water partition coefficient (Wildman–Crippen LogP) is 10.5. The van der Waals surface area contributed by atoms with Gasteiger partial charge in [-0.2, -0.15) is 0 Å². The molecule has 0 unspecified atom stereocenters. The Balaban J connectivity index is 1.30. The fourth-order valence-corrected chi connectivity index (χ4v) is 6.84. The largest absolute Gasteiger partial charge is 0.469 e. The number of hydrogen-bond donors (Lipinski definition) is 0. The minimum Gasteiger partial charge on any atom is -0.469 e. The first-order valence-electron chi connectivity index (χ1n) is 17.5. The summed E-state index contributed by atoms with van der Waals surface area (Å²) in [5, 5.41) is 2.30. The number of esters is 2. The second-order valence-electron chi connectivity index (χ2n) is 12.8. The van der Waals surface area contributed by atoms with Crippen LogP contribution < -0.4 is 9.80 Å². The van der Waals surface area contributed by atoms with Crippen LogP contribution in [-0.4, -0.2) is 30.7 Å². The number of ether oxygens (including phenoxy) is 2. The molecule has 52 heavy (non-hydrogen) atoms. The standard InChI is InChI=1S/C45H41N3O4/c1-46-42-26-24-38(47(34-10-6-4-7-11-34)36-20-14-32(15-21-36)18-28-44(49)51-2)30-40(42)41-31-39(25-27-43(41)46)48(35-12-8-5-9-13-35)37-22-16-33(17-23-37)19-29-45(50)52-3/h4-17,20-27,30-31H,18-19,28-29H2,1-3H3. The van der Waals surface area contributed by atoms with Gasteiger partial charge in [-0.05, 0) is 109 Å². The first-order valence-corrected chi connectivity index (χ1v) is 17.5. The molecule has 0 aliphatic carbocycles. The first kappa shape index (κ1) is 34.1. The highest BCUT2D eigenvalue weighted by atomic mass is 16.5. The molecule has 0 N–H and O–H groups in total.